The molecule has 1 fully saturated rings. The molecule has 9 heteroatoms. The number of pyridine rings is 1. The molecule has 3 aromatic heterocycles. The highest BCUT2D eigenvalue weighted by atomic mass is 32.1. The Bertz CT molecular complexity index is 920. The predicted octanol–water partition coefficient (Wildman–Crippen LogP) is 3.44. The number of rotatable bonds is 7. The lowest BCUT2D eigenvalue weighted by molar-refractivity contribution is 0.126. The second kappa shape index (κ2) is 8.98. The van der Waals surface area contributed by atoms with E-state index in [4.69, 9.17) is 0 Å². The molecule has 8 nitrogen and oxygen atoms in total. The van der Waals surface area contributed by atoms with Crippen LogP contribution in [0.3, 0.4) is 0 Å². The number of nitrogens with one attached hydrogen (secondary N) is 3. The monoisotopic (exact) mass is 413 g/mol. The van der Waals surface area contributed by atoms with Crippen LogP contribution in [0.5, 0.6) is 0 Å². The molecule has 0 saturated heterocycles. The van der Waals surface area contributed by atoms with Crippen LogP contribution >= 0.6 is 11.3 Å². The number of thiazole rings is 1. The third kappa shape index (κ3) is 5.37. The van der Waals surface area contributed by atoms with Crippen molar-refractivity contribution in [2.75, 3.05) is 10.6 Å². The van der Waals surface area contributed by atoms with Crippen LogP contribution in [-0.2, 0) is 6.54 Å². The number of fused-ring (bicyclic) bond motifs is 1. The van der Waals surface area contributed by atoms with Gasteiger partial charge < -0.3 is 21.1 Å². The molecule has 1 aliphatic rings. The SMILES string of the molecule is CC(C)NCc1cc(Nc2nc3cccnc3s2)nc(NC2CCC(O)CC2)n1. The van der Waals surface area contributed by atoms with Crippen LogP contribution in [-0.4, -0.2) is 43.2 Å². The second-order valence-electron chi connectivity index (χ2n) is 7.73. The molecule has 3 aromatic rings. The molecule has 1 aliphatic carbocycles. The number of hydrogen-bond donors (Lipinski definition) is 4. The van der Waals surface area contributed by atoms with Crippen LogP contribution in [0.2, 0.25) is 0 Å². The van der Waals surface area contributed by atoms with Crippen molar-refractivity contribution in [2.24, 2.45) is 0 Å². The van der Waals surface area contributed by atoms with Crippen LogP contribution in [0.15, 0.2) is 24.4 Å². The van der Waals surface area contributed by atoms with E-state index in [1.807, 2.05) is 18.2 Å². The Hall–Kier alpha value is -2.36. The maximum Gasteiger partial charge on any atom is 0.225 e. The van der Waals surface area contributed by atoms with Crippen molar-refractivity contribution < 1.29 is 5.11 Å². The standard InChI is InChI=1S/C20H27N7OS/c1-12(2)22-11-14-10-17(27-20-25-16-4-3-9-21-18(16)29-20)26-19(24-14)23-13-5-7-15(28)8-6-13/h3-4,9-10,12-13,15,22,28H,5-8,11H2,1-2H3,(H2,23,24,25,26,27). The van der Waals surface area contributed by atoms with E-state index < -0.39 is 0 Å². The third-order valence-corrected chi connectivity index (χ3v) is 5.80. The van der Waals surface area contributed by atoms with Crippen molar-refractivity contribution >= 4 is 38.6 Å². The summed E-state index contributed by atoms with van der Waals surface area (Å²) in [6.07, 6.45) is 5.07. The minimum atomic E-state index is -0.180. The molecule has 0 spiro atoms. The van der Waals surface area contributed by atoms with Gasteiger partial charge in [0.1, 0.15) is 16.2 Å². The molecule has 1 saturated carbocycles. The molecule has 0 aromatic carbocycles. The summed E-state index contributed by atoms with van der Waals surface area (Å²) in [7, 11) is 0. The van der Waals surface area contributed by atoms with Gasteiger partial charge in [-0.15, -0.1) is 0 Å². The average molecular weight is 414 g/mol. The molecular formula is C20H27N7OS. The zero-order chi connectivity index (χ0) is 20.2. The summed E-state index contributed by atoms with van der Waals surface area (Å²) >= 11 is 1.50. The third-order valence-electron chi connectivity index (χ3n) is 4.90. The van der Waals surface area contributed by atoms with Gasteiger partial charge in [-0.1, -0.05) is 25.2 Å². The van der Waals surface area contributed by atoms with Crippen LogP contribution in [0.1, 0.15) is 45.2 Å². The molecule has 0 bridgehead atoms. The first-order valence-electron chi connectivity index (χ1n) is 10.1. The minimum Gasteiger partial charge on any atom is -0.393 e. The summed E-state index contributed by atoms with van der Waals surface area (Å²) in [6, 6.07) is 6.44. The molecule has 4 N–H and O–H groups in total. The fraction of sp³-hybridized carbons (Fsp3) is 0.500. The maximum absolute atomic E-state index is 9.74. The van der Waals surface area contributed by atoms with E-state index in [2.05, 4.69) is 49.7 Å². The normalized spacial score (nSPS) is 19.6. The topological polar surface area (TPSA) is 108 Å². The first-order valence-corrected chi connectivity index (χ1v) is 10.9. The van der Waals surface area contributed by atoms with Crippen LogP contribution < -0.4 is 16.0 Å². The summed E-state index contributed by atoms with van der Waals surface area (Å²) in [5.41, 5.74) is 1.78. The Morgan fingerprint density at radius 2 is 2.00 bits per heavy atom. The largest absolute Gasteiger partial charge is 0.393 e. The number of aromatic nitrogens is 4. The lowest BCUT2D eigenvalue weighted by Crippen LogP contribution is -2.29. The summed E-state index contributed by atoms with van der Waals surface area (Å²) in [4.78, 5) is 19.2. The molecule has 0 atom stereocenters. The van der Waals surface area contributed by atoms with Gasteiger partial charge in [-0.05, 0) is 37.8 Å². The van der Waals surface area contributed by atoms with Gasteiger partial charge in [-0.3, -0.25) is 0 Å². The Kier molecular flexibility index (Phi) is 6.17. The molecule has 0 radical (unpaired) electrons. The molecule has 0 unspecified atom stereocenters. The molecule has 4 rings (SSSR count). The minimum absolute atomic E-state index is 0.180. The number of nitrogens with zero attached hydrogens (tertiary/aromatic N) is 4. The number of aliphatic hydroxyl groups is 1. The van der Waals surface area contributed by atoms with E-state index in [0.29, 0.717) is 24.4 Å². The fourth-order valence-electron chi connectivity index (χ4n) is 3.36. The second-order valence-corrected chi connectivity index (χ2v) is 8.70. The van der Waals surface area contributed by atoms with Gasteiger partial charge in [0.15, 0.2) is 5.13 Å². The molecule has 29 heavy (non-hydrogen) atoms. The van der Waals surface area contributed by atoms with Gasteiger partial charge in [0.25, 0.3) is 0 Å². The highest BCUT2D eigenvalue weighted by Gasteiger charge is 2.20. The Morgan fingerprint density at radius 1 is 1.17 bits per heavy atom. The van der Waals surface area contributed by atoms with E-state index in [0.717, 1.165) is 46.9 Å². The van der Waals surface area contributed by atoms with Gasteiger partial charge in [-0.2, -0.15) is 4.98 Å². The van der Waals surface area contributed by atoms with Gasteiger partial charge in [-0.25, -0.2) is 15.0 Å². The van der Waals surface area contributed by atoms with E-state index in [9.17, 15) is 5.11 Å². The van der Waals surface area contributed by atoms with Crippen molar-refractivity contribution in [3.8, 4) is 0 Å². The number of aliphatic hydroxyl groups excluding tert-OH is 1. The van der Waals surface area contributed by atoms with Crippen molar-refractivity contribution in [3.63, 3.8) is 0 Å². The molecular weight excluding hydrogens is 386 g/mol. The maximum atomic E-state index is 9.74. The fourth-order valence-corrected chi connectivity index (χ4v) is 4.18. The van der Waals surface area contributed by atoms with Crippen molar-refractivity contribution in [2.45, 2.75) is 64.3 Å². The first-order chi connectivity index (χ1) is 14.0. The Balaban J connectivity index is 1.54. The van der Waals surface area contributed by atoms with Crippen LogP contribution in [0.4, 0.5) is 16.9 Å². The highest BCUT2D eigenvalue weighted by molar-refractivity contribution is 7.21. The van der Waals surface area contributed by atoms with Gasteiger partial charge in [0, 0.05) is 30.9 Å². The summed E-state index contributed by atoms with van der Waals surface area (Å²) in [5.74, 6) is 1.31. The van der Waals surface area contributed by atoms with E-state index in [1.165, 1.54) is 11.3 Å². The lowest BCUT2D eigenvalue weighted by atomic mass is 9.93. The zero-order valence-electron chi connectivity index (χ0n) is 16.7. The molecule has 3 heterocycles. The Morgan fingerprint density at radius 3 is 2.76 bits per heavy atom. The highest BCUT2D eigenvalue weighted by Crippen LogP contribution is 2.27. The van der Waals surface area contributed by atoms with Crippen LogP contribution in [0.25, 0.3) is 10.3 Å². The van der Waals surface area contributed by atoms with E-state index >= 15 is 0 Å². The average Bonchev–Trinajstić information content (AvgIpc) is 3.10. The van der Waals surface area contributed by atoms with Gasteiger partial charge >= 0.3 is 0 Å². The zero-order valence-corrected chi connectivity index (χ0v) is 17.5. The number of anilines is 3. The van der Waals surface area contributed by atoms with Crippen molar-refractivity contribution in [1.29, 1.82) is 0 Å². The number of hydrogen-bond acceptors (Lipinski definition) is 9. The van der Waals surface area contributed by atoms with Gasteiger partial charge in [0.05, 0.1) is 11.8 Å². The molecule has 0 aliphatic heterocycles. The summed E-state index contributed by atoms with van der Waals surface area (Å²) in [6.45, 7) is 4.89. The van der Waals surface area contributed by atoms with Crippen LogP contribution in [0, 0.1) is 0 Å². The lowest BCUT2D eigenvalue weighted by Gasteiger charge is -2.26. The van der Waals surface area contributed by atoms with Gasteiger partial charge in [0.2, 0.25) is 5.95 Å². The molecule has 154 valence electrons. The van der Waals surface area contributed by atoms with Crippen molar-refractivity contribution in [3.05, 3.63) is 30.1 Å². The summed E-state index contributed by atoms with van der Waals surface area (Å²) < 4.78 is 0. The molecule has 0 amide bonds. The van der Waals surface area contributed by atoms with Crippen molar-refractivity contribution in [1.82, 2.24) is 25.3 Å². The van der Waals surface area contributed by atoms with E-state index in [1.54, 1.807) is 6.20 Å². The quantitative estimate of drug-likeness (QED) is 0.467. The van der Waals surface area contributed by atoms with E-state index in [-0.39, 0.29) is 12.1 Å². The smallest absolute Gasteiger partial charge is 0.225 e. The predicted molar refractivity (Wildman–Crippen MR) is 117 cm³/mol. The first kappa shape index (κ1) is 19.9. The summed E-state index contributed by atoms with van der Waals surface area (Å²) in [5, 5.41) is 20.7. The Labute approximate surface area is 174 Å².